The van der Waals surface area contributed by atoms with E-state index in [2.05, 4.69) is 24.7 Å². The van der Waals surface area contributed by atoms with Gasteiger partial charge < -0.3 is 24.4 Å². The van der Waals surface area contributed by atoms with E-state index in [1.165, 1.54) is 18.2 Å². The number of benzene rings is 3. The van der Waals surface area contributed by atoms with Crippen molar-refractivity contribution in [2.45, 2.75) is 31.8 Å². The molecule has 1 saturated heterocycles. The molecule has 0 saturated carbocycles. The normalized spacial score (nSPS) is 14.5. The zero-order valence-electron chi connectivity index (χ0n) is 22.4. The molecule has 0 aliphatic carbocycles. The molecule has 0 unspecified atom stereocenters. The number of hydrogen-bond acceptors (Lipinski definition) is 5. The summed E-state index contributed by atoms with van der Waals surface area (Å²) < 4.78 is 6.65. The third-order valence-corrected chi connectivity index (χ3v) is 7.22. The molecule has 0 atom stereocenters. The van der Waals surface area contributed by atoms with Crippen LogP contribution in [0.25, 0.3) is 11.1 Å². The van der Waals surface area contributed by atoms with Crippen molar-refractivity contribution in [1.29, 1.82) is 0 Å². The van der Waals surface area contributed by atoms with Gasteiger partial charge in [-0.25, -0.2) is 4.79 Å². The minimum Gasteiger partial charge on any atom is -0.545 e. The van der Waals surface area contributed by atoms with E-state index in [-0.39, 0.29) is 53.0 Å². The van der Waals surface area contributed by atoms with E-state index >= 15 is 0 Å². The number of aryl methyl sites for hydroxylation is 1. The monoisotopic (exact) mass is 677 g/mol. The quantitative estimate of drug-likeness (QED) is 0.247. The maximum Gasteiger partial charge on any atom is 0.411 e. The first kappa shape index (κ1) is 31.4. The van der Waals surface area contributed by atoms with Gasteiger partial charge in [0.2, 0.25) is 5.91 Å². The maximum absolute atomic E-state index is 12.7. The number of carbonyl (C=O) groups is 3. The van der Waals surface area contributed by atoms with Gasteiger partial charge in [-0.2, -0.15) is 0 Å². The lowest BCUT2D eigenvalue weighted by atomic mass is 9.99. The Labute approximate surface area is 256 Å². The number of nitrogens with one attached hydrogen (secondary N) is 2. The Hall–Kier alpha value is -3.15. The van der Waals surface area contributed by atoms with Crippen LogP contribution in [0, 0.1) is 0 Å². The van der Waals surface area contributed by atoms with Crippen LogP contribution in [0.1, 0.15) is 35.2 Å². The first-order chi connectivity index (χ1) is 18.6. The van der Waals surface area contributed by atoms with Crippen molar-refractivity contribution < 1.29 is 28.7 Å². The first-order valence-electron chi connectivity index (χ1n) is 12.9. The van der Waals surface area contributed by atoms with Crippen molar-refractivity contribution in [1.82, 2.24) is 0 Å². The molecule has 0 radical (unpaired) electrons. The minimum absolute atomic E-state index is 0. The Morgan fingerprint density at radius 3 is 2.27 bits per heavy atom. The number of likely N-dealkylation sites (tertiary alicyclic amines) is 1. The van der Waals surface area contributed by atoms with Crippen LogP contribution in [0.5, 0.6) is 0 Å². The summed E-state index contributed by atoms with van der Waals surface area (Å²) in [6, 6.07) is 19.4. The Kier molecular flexibility index (Phi) is 11.0. The van der Waals surface area contributed by atoms with E-state index < -0.39 is 12.1 Å². The molecule has 2 N–H and O–H groups in total. The summed E-state index contributed by atoms with van der Waals surface area (Å²) in [5.74, 6) is -1.60. The Morgan fingerprint density at radius 1 is 0.950 bits per heavy atom. The van der Waals surface area contributed by atoms with Gasteiger partial charge in [-0.05, 0) is 47.4 Å². The van der Waals surface area contributed by atoms with Gasteiger partial charge in [0.1, 0.15) is 6.10 Å². The molecule has 8 nitrogen and oxygen atoms in total. The summed E-state index contributed by atoms with van der Waals surface area (Å²) in [6.45, 7) is 1.93. The smallest absolute Gasteiger partial charge is 0.411 e. The zero-order valence-corrected chi connectivity index (χ0v) is 25.5. The van der Waals surface area contributed by atoms with Crippen LogP contribution in [0.2, 0.25) is 5.02 Å². The number of ether oxygens (including phenoxy) is 1. The number of nitrogens with zero attached hydrogens (tertiary/aromatic N) is 1. The second kappa shape index (κ2) is 14.0. The average molecular weight is 678 g/mol. The van der Waals surface area contributed by atoms with E-state index in [1.807, 2.05) is 48.5 Å². The Morgan fingerprint density at radius 2 is 1.62 bits per heavy atom. The molecule has 40 heavy (non-hydrogen) atoms. The van der Waals surface area contributed by atoms with Crippen LogP contribution in [0.15, 0.2) is 66.7 Å². The second-order valence-electron chi connectivity index (χ2n) is 10.4. The van der Waals surface area contributed by atoms with Crippen molar-refractivity contribution in [2.75, 3.05) is 37.8 Å². The Balaban J connectivity index is 0.00000441. The Bertz CT molecular complexity index is 1360. The van der Waals surface area contributed by atoms with Crippen LogP contribution >= 0.6 is 35.6 Å². The molecule has 0 aromatic heterocycles. The van der Waals surface area contributed by atoms with Crippen molar-refractivity contribution in [3.05, 3.63) is 82.9 Å². The van der Waals surface area contributed by atoms with E-state index in [1.54, 1.807) is 0 Å². The fraction of sp³-hybridized carbons (Fsp3) is 0.300. The topological polar surface area (TPSA) is 108 Å². The van der Waals surface area contributed by atoms with E-state index in [4.69, 9.17) is 16.3 Å². The van der Waals surface area contributed by atoms with Crippen molar-refractivity contribution >= 4 is 64.9 Å². The van der Waals surface area contributed by atoms with E-state index in [0.29, 0.717) is 17.8 Å². The lowest BCUT2D eigenvalue weighted by molar-refractivity contribution is -0.896. The van der Waals surface area contributed by atoms with Gasteiger partial charge >= 0.3 is 6.09 Å². The van der Waals surface area contributed by atoms with Gasteiger partial charge in [-0.1, -0.05) is 54.1 Å². The van der Waals surface area contributed by atoms with Gasteiger partial charge in [-0.3, -0.25) is 10.1 Å². The van der Waals surface area contributed by atoms with Crippen LogP contribution in [0.4, 0.5) is 16.2 Å². The van der Waals surface area contributed by atoms with Gasteiger partial charge in [0, 0.05) is 24.8 Å². The molecule has 2 amide bonds. The highest BCUT2D eigenvalue weighted by Crippen LogP contribution is 2.30. The summed E-state index contributed by atoms with van der Waals surface area (Å²) in [6.07, 6.45) is 1.72. The summed E-state index contributed by atoms with van der Waals surface area (Å²) in [5, 5.41) is 16.7. The van der Waals surface area contributed by atoms with Crippen LogP contribution in [-0.2, 0) is 16.0 Å². The lowest BCUT2D eigenvalue weighted by Gasteiger charge is -2.36. The highest BCUT2D eigenvalue weighted by Gasteiger charge is 2.28. The highest BCUT2D eigenvalue weighted by molar-refractivity contribution is 14.0. The first-order valence-corrected chi connectivity index (χ1v) is 13.3. The summed E-state index contributed by atoms with van der Waals surface area (Å²) >= 11 is 6.10. The molecule has 1 heterocycles. The minimum atomic E-state index is -1.34. The molecule has 10 heteroatoms. The average Bonchev–Trinajstić information content (AvgIpc) is 2.91. The number of rotatable bonds is 8. The number of carbonyl (C=O) groups excluding carboxylic acids is 3. The molecule has 3 aromatic carbocycles. The number of hydrogen-bond donors (Lipinski definition) is 2. The van der Waals surface area contributed by atoms with Crippen molar-refractivity contribution in [3.63, 3.8) is 0 Å². The molecule has 1 aliphatic heterocycles. The predicted molar refractivity (Wildman–Crippen MR) is 165 cm³/mol. The van der Waals surface area contributed by atoms with Gasteiger partial charge in [-0.15, -0.1) is 24.0 Å². The van der Waals surface area contributed by atoms with Gasteiger partial charge in [0.05, 0.1) is 49.6 Å². The molecule has 0 spiro atoms. The molecular formula is C30H33ClIN3O5. The fourth-order valence-corrected chi connectivity index (χ4v) is 4.81. The number of aromatic carboxylic acids is 1. The molecule has 0 bridgehead atoms. The number of quaternary nitrogens is 1. The standard InChI is InChI=1S/C30H32ClN3O5.HI/c1-34(2)16-14-23(15-17-34)39-30(38)33-26-11-8-20(18-24(26)21-6-4-3-5-7-21)9-13-28(35)32-27-12-10-22(29(36)37)19-25(27)31;/h3-8,10-12,18-19,23H,9,13-17H2,1-2H3,(H2-,32,33,35,36,37,38);1H. The molecular weight excluding hydrogens is 645 g/mol. The zero-order chi connectivity index (χ0) is 28.0. The number of anilines is 2. The summed E-state index contributed by atoms with van der Waals surface area (Å²) in [7, 11) is 4.36. The predicted octanol–water partition coefficient (Wildman–Crippen LogP) is 5.35. The number of amides is 2. The molecule has 1 aliphatic rings. The van der Waals surface area contributed by atoms with E-state index in [0.717, 1.165) is 47.1 Å². The number of piperidine rings is 1. The maximum atomic E-state index is 12.7. The van der Waals surface area contributed by atoms with Gasteiger partial charge in [0.15, 0.2) is 0 Å². The van der Waals surface area contributed by atoms with Crippen LogP contribution in [-0.4, -0.2) is 55.7 Å². The van der Waals surface area contributed by atoms with Crippen molar-refractivity contribution in [3.8, 4) is 11.1 Å². The number of carboxylic acid groups (broad SMARTS) is 1. The van der Waals surface area contributed by atoms with Crippen LogP contribution < -0.4 is 15.7 Å². The lowest BCUT2D eigenvalue weighted by Crippen LogP contribution is -2.48. The van der Waals surface area contributed by atoms with Crippen LogP contribution in [0.3, 0.4) is 0 Å². The summed E-state index contributed by atoms with van der Waals surface area (Å²) in [5.41, 5.74) is 3.56. The molecule has 212 valence electrons. The fourth-order valence-electron chi connectivity index (χ4n) is 4.58. The third kappa shape index (κ3) is 8.67. The summed E-state index contributed by atoms with van der Waals surface area (Å²) in [4.78, 5) is 36.3. The third-order valence-electron chi connectivity index (χ3n) is 6.91. The van der Waals surface area contributed by atoms with Gasteiger partial charge in [0.25, 0.3) is 0 Å². The molecule has 3 aromatic rings. The highest BCUT2D eigenvalue weighted by atomic mass is 127. The SMILES string of the molecule is C[N+]1(C)CCC(OC(=O)Nc2ccc(CCC(=O)Nc3ccc(C(=O)[O-])cc3Cl)cc2-c2ccccc2)CC1.I. The number of halogens is 2. The van der Waals surface area contributed by atoms with Crippen molar-refractivity contribution in [2.24, 2.45) is 0 Å². The van der Waals surface area contributed by atoms with E-state index in [9.17, 15) is 19.5 Å². The molecule has 4 rings (SSSR count). The molecule has 1 fully saturated rings. The second-order valence-corrected chi connectivity index (χ2v) is 10.8. The largest absolute Gasteiger partial charge is 0.545 e. The number of carboxylic acids is 1.